The molecule has 2 N–H and O–H groups in total. The number of halogens is 2. The summed E-state index contributed by atoms with van der Waals surface area (Å²) in [5.74, 6) is -0.433. The first-order valence-corrected chi connectivity index (χ1v) is 6.52. The average Bonchev–Trinajstić information content (AvgIpc) is 2.42. The molecule has 0 atom stereocenters. The van der Waals surface area contributed by atoms with Crippen molar-refractivity contribution in [3.05, 3.63) is 21.9 Å². The number of nitrogens with zero attached hydrogens (tertiary/aromatic N) is 2. The van der Waals surface area contributed by atoms with Crippen molar-refractivity contribution < 1.29 is 14.6 Å². The summed E-state index contributed by atoms with van der Waals surface area (Å²) in [6, 6.07) is 1.34. The van der Waals surface area contributed by atoms with Gasteiger partial charge in [0.15, 0.2) is 10.3 Å². The van der Waals surface area contributed by atoms with Crippen LogP contribution in [0.3, 0.4) is 0 Å². The monoisotopic (exact) mass is 305 g/mol. The van der Waals surface area contributed by atoms with Gasteiger partial charge in [0.2, 0.25) is 0 Å². The van der Waals surface area contributed by atoms with Crippen LogP contribution >= 0.6 is 23.2 Å². The number of aliphatic hydroxyl groups excluding tert-OH is 1. The minimum atomic E-state index is -0.686. The maximum atomic E-state index is 12.2. The zero-order valence-electron chi connectivity index (χ0n) is 10.0. The van der Waals surface area contributed by atoms with E-state index >= 15 is 0 Å². The van der Waals surface area contributed by atoms with Gasteiger partial charge in [-0.1, -0.05) is 23.2 Å². The Labute approximate surface area is 120 Å². The first kappa shape index (κ1) is 14.5. The number of rotatable bonds is 3. The molecule has 0 spiro atoms. The van der Waals surface area contributed by atoms with E-state index in [1.807, 2.05) is 0 Å². The van der Waals surface area contributed by atoms with Crippen LogP contribution in [0.4, 0.5) is 0 Å². The molecule has 104 valence electrons. The van der Waals surface area contributed by atoms with Crippen LogP contribution in [-0.4, -0.2) is 46.6 Å². The Hall–Kier alpha value is -0.950. The Morgan fingerprint density at radius 3 is 2.74 bits per heavy atom. The second-order valence-corrected chi connectivity index (χ2v) is 5.12. The number of carbonyl (C=O) groups is 1. The highest BCUT2D eigenvalue weighted by Crippen LogP contribution is 2.22. The van der Waals surface area contributed by atoms with E-state index in [1.165, 1.54) is 6.07 Å². The molecule has 1 saturated heterocycles. The predicted octanol–water partition coefficient (Wildman–Crippen LogP) is 1.05. The molecule has 1 amide bonds. The van der Waals surface area contributed by atoms with Gasteiger partial charge in [0, 0.05) is 13.2 Å². The summed E-state index contributed by atoms with van der Waals surface area (Å²) < 4.78 is 5.22. The Morgan fingerprint density at radius 1 is 1.42 bits per heavy atom. The minimum Gasteiger partial charge on any atom is -0.394 e. The molecule has 0 saturated carbocycles. The third-order valence-electron chi connectivity index (χ3n) is 3.09. The van der Waals surface area contributed by atoms with E-state index < -0.39 is 11.4 Å². The number of aromatic nitrogens is 2. The number of nitrogens with one attached hydrogen (secondary N) is 1. The Kier molecular flexibility index (Phi) is 4.57. The maximum Gasteiger partial charge on any atom is 0.255 e. The molecule has 0 radical (unpaired) electrons. The molecule has 1 aliphatic heterocycles. The molecule has 1 aromatic heterocycles. The van der Waals surface area contributed by atoms with E-state index in [0.29, 0.717) is 26.1 Å². The van der Waals surface area contributed by atoms with Crippen LogP contribution in [0.5, 0.6) is 0 Å². The molecule has 0 aliphatic carbocycles. The second-order valence-electron chi connectivity index (χ2n) is 4.38. The van der Waals surface area contributed by atoms with Crippen molar-refractivity contribution in [2.24, 2.45) is 0 Å². The predicted molar refractivity (Wildman–Crippen MR) is 69.4 cm³/mol. The van der Waals surface area contributed by atoms with E-state index in [-0.39, 0.29) is 22.5 Å². The van der Waals surface area contributed by atoms with Crippen molar-refractivity contribution in [3.8, 4) is 0 Å². The molecule has 8 heteroatoms. The van der Waals surface area contributed by atoms with Crippen LogP contribution in [0.1, 0.15) is 23.2 Å². The quantitative estimate of drug-likeness (QED) is 0.872. The summed E-state index contributed by atoms with van der Waals surface area (Å²) >= 11 is 11.5. The molecular weight excluding hydrogens is 293 g/mol. The lowest BCUT2D eigenvalue weighted by molar-refractivity contribution is 0.0125. The number of hydrogen-bond donors (Lipinski definition) is 2. The third kappa shape index (κ3) is 3.33. The fourth-order valence-corrected chi connectivity index (χ4v) is 2.23. The molecule has 19 heavy (non-hydrogen) atoms. The van der Waals surface area contributed by atoms with Crippen LogP contribution in [0.25, 0.3) is 0 Å². The molecule has 0 aromatic carbocycles. The average molecular weight is 306 g/mol. The number of aliphatic hydroxyl groups is 1. The molecule has 0 unspecified atom stereocenters. The Morgan fingerprint density at radius 2 is 2.11 bits per heavy atom. The SMILES string of the molecule is O=C(NC1(CO)CCOCC1)c1cc(Cl)nnc1Cl. The Bertz CT molecular complexity index is 478. The van der Waals surface area contributed by atoms with Crippen LogP contribution in [-0.2, 0) is 4.74 Å². The lowest BCUT2D eigenvalue weighted by Crippen LogP contribution is -2.54. The summed E-state index contributed by atoms with van der Waals surface area (Å²) in [4.78, 5) is 12.2. The van der Waals surface area contributed by atoms with E-state index in [2.05, 4.69) is 15.5 Å². The fraction of sp³-hybridized carbons (Fsp3) is 0.545. The molecule has 2 rings (SSSR count). The van der Waals surface area contributed by atoms with Gasteiger partial charge in [-0.05, 0) is 18.9 Å². The third-order valence-corrected chi connectivity index (χ3v) is 3.56. The fourth-order valence-electron chi connectivity index (χ4n) is 1.91. The number of carbonyl (C=O) groups excluding carboxylic acids is 1. The Balaban J connectivity index is 2.17. The van der Waals surface area contributed by atoms with Gasteiger partial charge in [-0.3, -0.25) is 4.79 Å². The van der Waals surface area contributed by atoms with Crippen LogP contribution in [0, 0.1) is 0 Å². The van der Waals surface area contributed by atoms with Gasteiger partial charge < -0.3 is 15.2 Å². The van der Waals surface area contributed by atoms with Gasteiger partial charge in [0.25, 0.3) is 5.91 Å². The molecule has 2 heterocycles. The van der Waals surface area contributed by atoms with E-state index in [0.717, 1.165) is 0 Å². The summed E-state index contributed by atoms with van der Waals surface area (Å²) in [5.41, 5.74) is -0.546. The molecule has 1 aliphatic rings. The van der Waals surface area contributed by atoms with Gasteiger partial charge in [0.1, 0.15) is 0 Å². The molecule has 0 bridgehead atoms. The molecule has 1 aromatic rings. The normalized spacial score (nSPS) is 18.1. The summed E-state index contributed by atoms with van der Waals surface area (Å²) in [5, 5.41) is 19.5. The lowest BCUT2D eigenvalue weighted by atomic mass is 9.90. The highest BCUT2D eigenvalue weighted by Gasteiger charge is 2.34. The number of ether oxygens (including phenoxy) is 1. The smallest absolute Gasteiger partial charge is 0.255 e. The van der Waals surface area contributed by atoms with Gasteiger partial charge in [-0.25, -0.2) is 0 Å². The topological polar surface area (TPSA) is 84.3 Å². The lowest BCUT2D eigenvalue weighted by Gasteiger charge is -2.36. The van der Waals surface area contributed by atoms with Crippen molar-refractivity contribution in [2.45, 2.75) is 18.4 Å². The minimum absolute atomic E-state index is 0.0259. The number of hydrogen-bond acceptors (Lipinski definition) is 5. The number of amides is 1. The molecule has 6 nitrogen and oxygen atoms in total. The molecule has 1 fully saturated rings. The van der Waals surface area contributed by atoms with Crippen molar-refractivity contribution in [1.82, 2.24) is 15.5 Å². The maximum absolute atomic E-state index is 12.2. The summed E-state index contributed by atoms with van der Waals surface area (Å²) in [6.45, 7) is 0.819. The standard InChI is InChI=1S/C11H13Cl2N3O3/c12-8-5-7(9(13)16-15-8)10(18)14-11(6-17)1-3-19-4-2-11/h5,17H,1-4,6H2,(H,14,18). The van der Waals surface area contributed by atoms with Gasteiger partial charge in [-0.15, -0.1) is 10.2 Å². The van der Waals surface area contributed by atoms with Crippen molar-refractivity contribution in [1.29, 1.82) is 0 Å². The van der Waals surface area contributed by atoms with E-state index in [4.69, 9.17) is 27.9 Å². The summed E-state index contributed by atoms with van der Waals surface area (Å²) in [6.07, 6.45) is 1.08. The molecular formula is C11H13Cl2N3O3. The van der Waals surface area contributed by atoms with Crippen LogP contribution in [0.2, 0.25) is 10.3 Å². The van der Waals surface area contributed by atoms with E-state index in [9.17, 15) is 9.90 Å². The van der Waals surface area contributed by atoms with E-state index in [1.54, 1.807) is 0 Å². The largest absolute Gasteiger partial charge is 0.394 e. The first-order chi connectivity index (χ1) is 9.06. The van der Waals surface area contributed by atoms with Crippen molar-refractivity contribution >= 4 is 29.1 Å². The van der Waals surface area contributed by atoms with Gasteiger partial charge in [0.05, 0.1) is 17.7 Å². The first-order valence-electron chi connectivity index (χ1n) is 5.76. The van der Waals surface area contributed by atoms with Crippen LogP contribution in [0.15, 0.2) is 6.07 Å². The highest BCUT2D eigenvalue weighted by atomic mass is 35.5. The van der Waals surface area contributed by atoms with Gasteiger partial charge >= 0.3 is 0 Å². The zero-order chi connectivity index (χ0) is 13.9. The second kappa shape index (κ2) is 6.00. The van der Waals surface area contributed by atoms with Crippen molar-refractivity contribution in [3.63, 3.8) is 0 Å². The van der Waals surface area contributed by atoms with Crippen molar-refractivity contribution in [2.75, 3.05) is 19.8 Å². The van der Waals surface area contributed by atoms with Gasteiger partial charge in [-0.2, -0.15) is 0 Å². The van der Waals surface area contributed by atoms with Crippen LogP contribution < -0.4 is 5.32 Å². The summed E-state index contributed by atoms with van der Waals surface area (Å²) in [7, 11) is 0. The highest BCUT2D eigenvalue weighted by molar-refractivity contribution is 6.34. The zero-order valence-corrected chi connectivity index (χ0v) is 11.5.